The fraction of sp³-hybridized carbons (Fsp3) is 0.424. The molecule has 3 nitrogen and oxygen atoms in total. The molecule has 2 aromatic carbocycles. The Labute approximate surface area is 245 Å². The van der Waals surface area contributed by atoms with Gasteiger partial charge in [0.1, 0.15) is 0 Å². The number of nitrogens with zero attached hydrogens (tertiary/aromatic N) is 3. The van der Waals surface area contributed by atoms with Crippen LogP contribution >= 0.6 is 0 Å². The van der Waals surface area contributed by atoms with Crippen LogP contribution in [0.2, 0.25) is 5.36 Å². The van der Waals surface area contributed by atoms with E-state index in [1.54, 1.807) is 6.20 Å². The molecule has 0 atom stereocenters. The molecule has 3 aromatic rings. The molecule has 0 fully saturated rings. The van der Waals surface area contributed by atoms with E-state index in [9.17, 15) is 0 Å². The fourth-order valence-electron chi connectivity index (χ4n) is 4.20. The number of aromatic nitrogens is 1. The van der Waals surface area contributed by atoms with Crippen molar-refractivity contribution in [3.05, 3.63) is 88.7 Å². The van der Waals surface area contributed by atoms with Gasteiger partial charge in [-0.2, -0.15) is 0 Å². The van der Waals surface area contributed by atoms with Gasteiger partial charge in [0.25, 0.3) is 0 Å². The number of rotatable bonds is 9. The third kappa shape index (κ3) is 10.1. The molecule has 0 aliphatic heterocycles. The summed E-state index contributed by atoms with van der Waals surface area (Å²) in [6, 6.07) is 17.0. The number of hydrogen-bond acceptors (Lipinski definition) is 3. The van der Waals surface area contributed by atoms with Gasteiger partial charge in [-0.15, -0.1) is 0 Å². The zero-order chi connectivity index (χ0) is 27.4. The van der Waals surface area contributed by atoms with Crippen molar-refractivity contribution in [2.24, 2.45) is 9.98 Å². The van der Waals surface area contributed by atoms with Crippen molar-refractivity contribution < 1.29 is 28.1 Å². The Hall–Kier alpha value is -2.27. The quantitative estimate of drug-likeness (QED) is 0.256. The number of benzene rings is 2. The molecule has 0 spiro atoms. The number of halogens is 1. The van der Waals surface area contributed by atoms with Crippen LogP contribution < -0.4 is 12.4 Å². The Kier molecular flexibility index (Phi) is 15.4. The van der Waals surface area contributed by atoms with E-state index in [2.05, 4.69) is 124 Å². The molecule has 38 heavy (non-hydrogen) atoms. The standard InChI is InChI=1S/C19H24N2.C14H20N.ClH.Co/c1-14(2)17-8-5-9-18(15(3)4)19(17)21-12-10-16-7-6-11-20-13-16;1-6-15-14-12(10(2)3)8-7-9-13(14)11(4)5;;/h5-9,11-15H,10H2,1-4H3;6-11H,1H2,2-5H3;1H;/q;;;+1/p-1. The van der Waals surface area contributed by atoms with Crippen LogP contribution in [0.4, 0.5) is 11.4 Å². The van der Waals surface area contributed by atoms with Crippen molar-refractivity contribution in [2.45, 2.75) is 90.8 Å². The second-order valence-electron chi connectivity index (χ2n) is 10.5. The zero-order valence-corrected chi connectivity index (χ0v) is 26.0. The van der Waals surface area contributed by atoms with E-state index in [4.69, 9.17) is 4.99 Å². The molecule has 0 saturated carbocycles. The molecule has 5 heteroatoms. The Balaban J connectivity index is 0.000000384. The van der Waals surface area contributed by atoms with Gasteiger partial charge in [0.2, 0.25) is 0 Å². The van der Waals surface area contributed by atoms with Gasteiger partial charge in [0.05, 0.1) is 5.69 Å². The summed E-state index contributed by atoms with van der Waals surface area (Å²) >= 11 is 4.22. The molecule has 1 aromatic heterocycles. The van der Waals surface area contributed by atoms with Crippen LogP contribution in [-0.2, 0) is 22.2 Å². The normalized spacial score (nSPS) is 11.5. The summed E-state index contributed by atoms with van der Waals surface area (Å²) in [6.45, 7) is 17.7. The first-order valence-electron chi connectivity index (χ1n) is 13.4. The third-order valence-corrected chi connectivity index (χ3v) is 6.43. The summed E-state index contributed by atoms with van der Waals surface area (Å²) in [4.78, 5) is 13.5. The second kappa shape index (κ2) is 17.3. The molecule has 0 N–H and O–H groups in total. The van der Waals surface area contributed by atoms with E-state index in [0.717, 1.165) is 17.8 Å². The Morgan fingerprint density at radius 1 is 0.658 bits per heavy atom. The van der Waals surface area contributed by atoms with Crippen molar-refractivity contribution in [3.63, 3.8) is 0 Å². The van der Waals surface area contributed by atoms with Crippen molar-refractivity contribution in [1.29, 1.82) is 0 Å². The minimum Gasteiger partial charge on any atom is -1.00 e. The molecule has 0 aliphatic rings. The first-order valence-corrected chi connectivity index (χ1v) is 14.1. The van der Waals surface area contributed by atoms with Crippen LogP contribution in [0.25, 0.3) is 0 Å². The summed E-state index contributed by atoms with van der Waals surface area (Å²) in [5.41, 5.74) is 8.76. The van der Waals surface area contributed by atoms with Crippen LogP contribution in [-0.4, -0.2) is 17.4 Å². The molecule has 0 saturated heterocycles. The van der Waals surface area contributed by atoms with Crippen LogP contribution in [0.1, 0.15) is 107 Å². The third-order valence-electron chi connectivity index (χ3n) is 6.24. The molecule has 0 amide bonds. The summed E-state index contributed by atoms with van der Waals surface area (Å²) in [7, 11) is 0. The van der Waals surface area contributed by atoms with E-state index >= 15 is 0 Å². The first kappa shape index (κ1) is 33.8. The van der Waals surface area contributed by atoms with Gasteiger partial charge in [-0.3, -0.25) is 9.98 Å². The molecule has 1 heterocycles. The minimum atomic E-state index is 0. The van der Waals surface area contributed by atoms with Crippen molar-refractivity contribution >= 4 is 23.8 Å². The number of hydrogen-bond donors (Lipinski definition) is 0. The van der Waals surface area contributed by atoms with Gasteiger partial charge in [0.15, 0.2) is 0 Å². The minimum absolute atomic E-state index is 0. The van der Waals surface area contributed by atoms with E-state index in [1.165, 1.54) is 27.8 Å². The SMILES string of the molecule is CC(C)c1cccc(C(C)C)c1N=CCc1cccnc1.CC(C)c1cccc(C(C)C)c1N=C[CH2][Co+].[Cl-]. The molecule has 3 rings (SSSR count). The Bertz CT molecular complexity index is 1100. The summed E-state index contributed by atoms with van der Waals surface area (Å²) in [6.07, 6.45) is 8.38. The van der Waals surface area contributed by atoms with Crippen LogP contribution in [0, 0.1) is 0 Å². The van der Waals surface area contributed by atoms with Crippen molar-refractivity contribution in [1.82, 2.24) is 4.98 Å². The van der Waals surface area contributed by atoms with Gasteiger partial charge in [-0.1, -0.05) is 52.0 Å². The average molecular weight is 577 g/mol. The van der Waals surface area contributed by atoms with Crippen LogP contribution in [0.15, 0.2) is 70.9 Å². The maximum Gasteiger partial charge on any atom is -1.00 e. The topological polar surface area (TPSA) is 37.6 Å². The second-order valence-corrected chi connectivity index (χ2v) is 10.9. The van der Waals surface area contributed by atoms with E-state index < -0.39 is 0 Å². The Morgan fingerprint density at radius 2 is 1.08 bits per heavy atom. The summed E-state index contributed by atoms with van der Waals surface area (Å²) < 4.78 is 0. The van der Waals surface area contributed by atoms with E-state index in [-0.39, 0.29) is 12.4 Å². The average Bonchev–Trinajstić information content (AvgIpc) is 2.87. The smallest absolute Gasteiger partial charge is 1.00 e. The molecule has 0 bridgehead atoms. The van der Waals surface area contributed by atoms with Gasteiger partial charge in [-0.25, -0.2) is 0 Å². The Morgan fingerprint density at radius 3 is 1.42 bits per heavy atom. The first-order chi connectivity index (χ1) is 17.7. The number of pyridine rings is 1. The molecule has 0 unspecified atom stereocenters. The molecule has 207 valence electrons. The molecular weight excluding hydrogens is 533 g/mol. The number of aliphatic imine (C=N–C) groups is 2. The predicted octanol–water partition coefficient (Wildman–Crippen LogP) is 6.88. The zero-order valence-electron chi connectivity index (χ0n) is 24.2. The fourth-order valence-corrected chi connectivity index (χ4v) is 4.30. The van der Waals surface area contributed by atoms with Crippen LogP contribution in [0.3, 0.4) is 0 Å². The predicted molar refractivity (Wildman–Crippen MR) is 158 cm³/mol. The van der Waals surface area contributed by atoms with E-state index in [1.807, 2.05) is 24.7 Å². The molecular formula is C33H44ClCoN3. The summed E-state index contributed by atoms with van der Waals surface area (Å²) in [5, 5.41) is 0.678. The molecule has 0 radical (unpaired) electrons. The largest absolute Gasteiger partial charge is 1.00 e. The summed E-state index contributed by atoms with van der Waals surface area (Å²) in [5.74, 6) is 1.97. The van der Waals surface area contributed by atoms with Gasteiger partial charge >= 0.3 is 107 Å². The molecule has 0 aliphatic carbocycles. The van der Waals surface area contributed by atoms with Crippen molar-refractivity contribution in [3.8, 4) is 0 Å². The number of para-hydroxylation sites is 2. The van der Waals surface area contributed by atoms with E-state index in [0.29, 0.717) is 29.0 Å². The maximum atomic E-state index is 4.79. The monoisotopic (exact) mass is 576 g/mol. The van der Waals surface area contributed by atoms with Crippen molar-refractivity contribution in [2.75, 3.05) is 0 Å². The van der Waals surface area contributed by atoms with Gasteiger partial charge < -0.3 is 12.4 Å². The van der Waals surface area contributed by atoms with Crippen LogP contribution in [0.5, 0.6) is 0 Å². The maximum absolute atomic E-state index is 4.79. The van der Waals surface area contributed by atoms with Gasteiger partial charge in [0, 0.05) is 25.0 Å². The van der Waals surface area contributed by atoms with Gasteiger partial charge in [-0.05, 0) is 34.6 Å².